The summed E-state index contributed by atoms with van der Waals surface area (Å²) in [6.07, 6.45) is 1.70. The van der Waals surface area contributed by atoms with Crippen LogP contribution in [0, 0.1) is 12.7 Å². The van der Waals surface area contributed by atoms with E-state index in [9.17, 15) is 14.0 Å². The number of nitrogens with zero attached hydrogens (tertiary/aromatic N) is 2. The van der Waals surface area contributed by atoms with Gasteiger partial charge in [-0.25, -0.2) is 9.37 Å². The average Bonchev–Trinajstić information content (AvgIpc) is 2.74. The number of amides is 1. The standard InChI is InChI=1S/C23H18FN3O2S/c1-15-7-6-12-27-21(28)13-16(25-22(15)27)14-30-20-11-5-4-10-19(20)26-23(29)17-8-2-3-9-18(17)24/h2-13H,14H2,1H3,(H,26,29). The Morgan fingerprint density at radius 3 is 2.70 bits per heavy atom. The lowest BCUT2D eigenvalue weighted by Crippen LogP contribution is -2.16. The lowest BCUT2D eigenvalue weighted by Gasteiger charge is -2.11. The predicted octanol–water partition coefficient (Wildman–Crippen LogP) is 4.69. The lowest BCUT2D eigenvalue weighted by molar-refractivity contribution is 0.102. The van der Waals surface area contributed by atoms with Crippen LogP contribution in [0.1, 0.15) is 21.6 Å². The smallest absolute Gasteiger partial charge is 0.258 e. The SMILES string of the molecule is Cc1cccn2c(=O)cc(CSc3ccccc3NC(=O)c3ccccc3F)nc12. The minimum atomic E-state index is -0.573. The Kier molecular flexibility index (Phi) is 5.63. The number of carbonyl (C=O) groups is 1. The second-order valence-electron chi connectivity index (χ2n) is 6.69. The first-order valence-electron chi connectivity index (χ1n) is 9.28. The van der Waals surface area contributed by atoms with Crippen LogP contribution in [0.5, 0.6) is 0 Å². The first-order valence-corrected chi connectivity index (χ1v) is 10.3. The van der Waals surface area contributed by atoms with Gasteiger partial charge < -0.3 is 5.32 Å². The number of halogens is 1. The van der Waals surface area contributed by atoms with Gasteiger partial charge in [0.05, 0.1) is 16.9 Å². The van der Waals surface area contributed by atoms with Gasteiger partial charge in [0.1, 0.15) is 11.5 Å². The molecule has 4 rings (SSSR count). The minimum Gasteiger partial charge on any atom is -0.321 e. The molecule has 0 radical (unpaired) electrons. The molecule has 2 aromatic carbocycles. The number of para-hydroxylation sites is 1. The molecule has 0 aliphatic heterocycles. The number of benzene rings is 2. The maximum Gasteiger partial charge on any atom is 0.258 e. The van der Waals surface area contributed by atoms with E-state index in [0.29, 0.717) is 22.8 Å². The van der Waals surface area contributed by atoms with Crippen molar-refractivity contribution in [3.8, 4) is 0 Å². The number of pyridine rings is 1. The van der Waals surface area contributed by atoms with E-state index in [-0.39, 0.29) is 11.1 Å². The van der Waals surface area contributed by atoms with Crippen LogP contribution in [0.2, 0.25) is 0 Å². The highest BCUT2D eigenvalue weighted by molar-refractivity contribution is 7.98. The zero-order valence-electron chi connectivity index (χ0n) is 16.1. The number of fused-ring (bicyclic) bond motifs is 1. The molecule has 0 aliphatic carbocycles. The number of rotatable bonds is 5. The third-order valence-electron chi connectivity index (χ3n) is 4.57. The highest BCUT2D eigenvalue weighted by Gasteiger charge is 2.13. The Morgan fingerprint density at radius 2 is 1.87 bits per heavy atom. The fourth-order valence-corrected chi connectivity index (χ4v) is 3.97. The third kappa shape index (κ3) is 4.11. The monoisotopic (exact) mass is 419 g/mol. The van der Waals surface area contributed by atoms with E-state index in [1.165, 1.54) is 40.4 Å². The Labute approximate surface area is 176 Å². The Morgan fingerprint density at radius 1 is 1.10 bits per heavy atom. The molecule has 0 spiro atoms. The number of hydrogen-bond acceptors (Lipinski definition) is 4. The van der Waals surface area contributed by atoms with Crippen LogP contribution in [0.4, 0.5) is 10.1 Å². The Bertz CT molecular complexity index is 1300. The first kappa shape index (κ1) is 19.8. The summed E-state index contributed by atoms with van der Waals surface area (Å²) in [6, 6.07) is 18.4. The summed E-state index contributed by atoms with van der Waals surface area (Å²) in [6.45, 7) is 1.91. The van der Waals surface area contributed by atoms with Gasteiger partial charge in [-0.05, 0) is 42.8 Å². The molecule has 150 valence electrons. The molecule has 0 saturated heterocycles. The van der Waals surface area contributed by atoms with E-state index < -0.39 is 11.7 Å². The molecule has 2 aromatic heterocycles. The molecule has 1 N–H and O–H groups in total. The van der Waals surface area contributed by atoms with Gasteiger partial charge in [0.15, 0.2) is 0 Å². The van der Waals surface area contributed by atoms with Crippen LogP contribution in [0.3, 0.4) is 0 Å². The average molecular weight is 419 g/mol. The maximum atomic E-state index is 13.9. The summed E-state index contributed by atoms with van der Waals surface area (Å²) < 4.78 is 15.4. The maximum absolute atomic E-state index is 13.9. The van der Waals surface area contributed by atoms with Crippen molar-refractivity contribution in [1.29, 1.82) is 0 Å². The largest absolute Gasteiger partial charge is 0.321 e. The number of anilines is 1. The molecule has 0 aliphatic rings. The van der Waals surface area contributed by atoms with Crippen LogP contribution in [-0.2, 0) is 5.75 Å². The summed E-state index contributed by atoms with van der Waals surface area (Å²) in [7, 11) is 0. The number of nitrogens with one attached hydrogen (secondary N) is 1. The molecular formula is C23H18FN3O2S. The number of aromatic nitrogens is 2. The molecule has 0 bridgehead atoms. The molecular weight excluding hydrogens is 401 g/mol. The van der Waals surface area contributed by atoms with E-state index in [0.717, 1.165) is 10.5 Å². The van der Waals surface area contributed by atoms with Gasteiger partial charge >= 0.3 is 0 Å². The van der Waals surface area contributed by atoms with Crippen molar-refractivity contribution in [3.05, 3.63) is 106 Å². The van der Waals surface area contributed by atoms with Crippen molar-refractivity contribution in [2.75, 3.05) is 5.32 Å². The molecule has 0 unspecified atom stereocenters. The Balaban J connectivity index is 1.56. The van der Waals surface area contributed by atoms with Crippen molar-refractivity contribution in [1.82, 2.24) is 9.38 Å². The minimum absolute atomic E-state index is 0.0167. The topological polar surface area (TPSA) is 63.5 Å². The van der Waals surface area contributed by atoms with E-state index in [1.54, 1.807) is 24.4 Å². The molecule has 0 saturated carbocycles. The van der Waals surface area contributed by atoms with E-state index >= 15 is 0 Å². The second-order valence-corrected chi connectivity index (χ2v) is 7.71. The number of carbonyl (C=O) groups excluding carboxylic acids is 1. The molecule has 30 heavy (non-hydrogen) atoms. The summed E-state index contributed by atoms with van der Waals surface area (Å²) in [5.74, 6) is -0.637. The van der Waals surface area contributed by atoms with E-state index in [4.69, 9.17) is 0 Å². The van der Waals surface area contributed by atoms with Gasteiger partial charge in [0.2, 0.25) is 0 Å². The highest BCUT2D eigenvalue weighted by Crippen LogP contribution is 2.30. The van der Waals surface area contributed by atoms with Gasteiger partial charge in [0, 0.05) is 22.9 Å². The summed E-state index contributed by atoms with van der Waals surface area (Å²) in [4.78, 5) is 30.3. The fourth-order valence-electron chi connectivity index (χ4n) is 3.07. The molecule has 5 nitrogen and oxygen atoms in total. The van der Waals surface area contributed by atoms with E-state index in [2.05, 4.69) is 10.3 Å². The van der Waals surface area contributed by atoms with Crippen LogP contribution >= 0.6 is 11.8 Å². The molecule has 0 fully saturated rings. The summed E-state index contributed by atoms with van der Waals surface area (Å²) in [5.41, 5.74) is 2.61. The van der Waals surface area contributed by atoms with Gasteiger partial charge in [-0.15, -0.1) is 11.8 Å². The quantitative estimate of drug-likeness (QED) is 0.477. The van der Waals surface area contributed by atoms with Gasteiger partial charge in [-0.2, -0.15) is 0 Å². The molecule has 1 amide bonds. The van der Waals surface area contributed by atoms with Crippen LogP contribution in [0.25, 0.3) is 5.65 Å². The van der Waals surface area contributed by atoms with E-state index in [1.807, 2.05) is 31.2 Å². The normalized spacial score (nSPS) is 10.9. The second kappa shape index (κ2) is 8.51. The molecule has 7 heteroatoms. The Hall–Kier alpha value is -3.45. The van der Waals surface area contributed by atoms with Gasteiger partial charge in [0.25, 0.3) is 11.5 Å². The zero-order valence-corrected chi connectivity index (χ0v) is 16.9. The van der Waals surface area contributed by atoms with Crippen molar-refractivity contribution >= 4 is 29.0 Å². The van der Waals surface area contributed by atoms with Crippen molar-refractivity contribution < 1.29 is 9.18 Å². The predicted molar refractivity (Wildman–Crippen MR) is 117 cm³/mol. The molecule has 2 heterocycles. The highest BCUT2D eigenvalue weighted by atomic mass is 32.2. The van der Waals surface area contributed by atoms with Crippen molar-refractivity contribution in [2.24, 2.45) is 0 Å². The third-order valence-corrected chi connectivity index (χ3v) is 5.68. The van der Waals surface area contributed by atoms with Crippen molar-refractivity contribution in [2.45, 2.75) is 17.6 Å². The zero-order chi connectivity index (χ0) is 21.1. The molecule has 0 atom stereocenters. The number of hydrogen-bond donors (Lipinski definition) is 1. The van der Waals surface area contributed by atoms with Gasteiger partial charge in [-0.1, -0.05) is 30.3 Å². The van der Waals surface area contributed by atoms with Gasteiger partial charge in [-0.3, -0.25) is 14.0 Å². The van der Waals surface area contributed by atoms with Crippen LogP contribution in [-0.4, -0.2) is 15.3 Å². The molecule has 4 aromatic rings. The number of thioether (sulfide) groups is 1. The van der Waals surface area contributed by atoms with Crippen molar-refractivity contribution in [3.63, 3.8) is 0 Å². The summed E-state index contributed by atoms with van der Waals surface area (Å²) in [5, 5.41) is 2.77. The summed E-state index contributed by atoms with van der Waals surface area (Å²) >= 11 is 1.45. The van der Waals surface area contributed by atoms with Crippen LogP contribution in [0.15, 0.2) is 82.6 Å². The number of aryl methyl sites for hydroxylation is 1. The lowest BCUT2D eigenvalue weighted by atomic mass is 10.2. The fraction of sp³-hybridized carbons (Fsp3) is 0.0870. The first-order chi connectivity index (χ1) is 14.5. The van der Waals surface area contributed by atoms with Crippen LogP contribution < -0.4 is 10.9 Å².